The maximum atomic E-state index is 3.49. The average Bonchev–Trinajstić information content (AvgIpc) is 2.69. The summed E-state index contributed by atoms with van der Waals surface area (Å²) in [7, 11) is 0. The van der Waals surface area contributed by atoms with Crippen molar-refractivity contribution < 1.29 is 0 Å². The molecule has 0 aliphatic carbocycles. The molecule has 76 valence electrons. The molecule has 1 aliphatic rings. The van der Waals surface area contributed by atoms with Crippen LogP contribution in [0.25, 0.3) is 0 Å². The summed E-state index contributed by atoms with van der Waals surface area (Å²) in [5.74, 6) is 0. The molecule has 1 unspecified atom stereocenters. The molecule has 1 fully saturated rings. The Kier molecular flexibility index (Phi) is 3.04. The fourth-order valence-corrected chi connectivity index (χ4v) is 1.94. The van der Waals surface area contributed by atoms with E-state index in [-0.39, 0.29) is 0 Å². The third-order valence-electron chi connectivity index (χ3n) is 2.85. The Morgan fingerprint density at radius 3 is 3.00 bits per heavy atom. The van der Waals surface area contributed by atoms with Crippen LogP contribution in [0.4, 0.5) is 5.69 Å². The second-order valence-electron chi connectivity index (χ2n) is 3.99. The normalized spacial score (nSPS) is 21.1. The fourth-order valence-electron chi connectivity index (χ4n) is 1.94. The van der Waals surface area contributed by atoms with E-state index in [9.17, 15) is 0 Å². The molecule has 0 saturated carbocycles. The first-order chi connectivity index (χ1) is 6.86. The minimum Gasteiger partial charge on any atom is -0.383 e. The quantitative estimate of drug-likeness (QED) is 0.763. The summed E-state index contributed by atoms with van der Waals surface area (Å²) >= 11 is 0. The van der Waals surface area contributed by atoms with E-state index in [2.05, 4.69) is 41.8 Å². The van der Waals surface area contributed by atoms with Gasteiger partial charge in [-0.05, 0) is 37.9 Å². The lowest BCUT2D eigenvalue weighted by Gasteiger charge is -2.14. The summed E-state index contributed by atoms with van der Waals surface area (Å²) in [5.41, 5.74) is 2.59. The third kappa shape index (κ3) is 2.26. The molecule has 0 bridgehead atoms. The van der Waals surface area contributed by atoms with Crippen molar-refractivity contribution in [2.45, 2.75) is 25.8 Å². The van der Waals surface area contributed by atoms with Crippen LogP contribution in [0.2, 0.25) is 0 Å². The number of hydrogen-bond donors (Lipinski definition) is 2. The van der Waals surface area contributed by atoms with Gasteiger partial charge in [0, 0.05) is 18.3 Å². The first-order valence-electron chi connectivity index (χ1n) is 5.39. The molecule has 0 radical (unpaired) electrons. The summed E-state index contributed by atoms with van der Waals surface area (Å²) in [6, 6.07) is 9.11. The monoisotopic (exact) mass is 190 g/mol. The molecule has 2 nitrogen and oxygen atoms in total. The summed E-state index contributed by atoms with van der Waals surface area (Å²) in [5, 5.41) is 6.98. The van der Waals surface area contributed by atoms with Crippen LogP contribution >= 0.6 is 0 Å². The molecule has 2 heteroatoms. The molecule has 0 amide bonds. The van der Waals surface area contributed by atoms with Crippen molar-refractivity contribution in [3.8, 4) is 0 Å². The molecule has 1 heterocycles. The number of nitrogens with one attached hydrogen (secondary N) is 2. The minimum absolute atomic E-state index is 0.662. The number of aryl methyl sites for hydroxylation is 1. The maximum Gasteiger partial charge on any atom is 0.0370 e. The highest BCUT2D eigenvalue weighted by atomic mass is 15.0. The molecule has 1 atom stereocenters. The van der Waals surface area contributed by atoms with Gasteiger partial charge < -0.3 is 10.6 Å². The van der Waals surface area contributed by atoms with E-state index in [1.165, 1.54) is 30.6 Å². The van der Waals surface area contributed by atoms with Gasteiger partial charge in [-0.25, -0.2) is 0 Å². The van der Waals surface area contributed by atoms with Crippen LogP contribution in [-0.2, 0) is 0 Å². The molecular formula is C12H18N2. The van der Waals surface area contributed by atoms with Crippen LogP contribution < -0.4 is 10.6 Å². The van der Waals surface area contributed by atoms with Crippen LogP contribution in [0, 0.1) is 6.92 Å². The first kappa shape index (κ1) is 9.53. The van der Waals surface area contributed by atoms with Crippen molar-refractivity contribution >= 4 is 5.69 Å². The van der Waals surface area contributed by atoms with Crippen molar-refractivity contribution in [1.82, 2.24) is 5.32 Å². The number of benzene rings is 1. The Balaban J connectivity index is 1.88. The molecule has 2 rings (SSSR count). The SMILES string of the molecule is Cc1ccccc1NCC1CCCN1. The third-order valence-corrected chi connectivity index (χ3v) is 2.85. The lowest BCUT2D eigenvalue weighted by Crippen LogP contribution is -2.29. The molecule has 1 aliphatic heterocycles. The van der Waals surface area contributed by atoms with E-state index in [1.807, 2.05) is 0 Å². The topological polar surface area (TPSA) is 24.1 Å². The molecule has 2 N–H and O–H groups in total. The molecule has 1 aromatic rings. The average molecular weight is 190 g/mol. The van der Waals surface area contributed by atoms with Crippen LogP contribution in [0.5, 0.6) is 0 Å². The van der Waals surface area contributed by atoms with E-state index < -0.39 is 0 Å². The fraction of sp³-hybridized carbons (Fsp3) is 0.500. The van der Waals surface area contributed by atoms with Gasteiger partial charge >= 0.3 is 0 Å². The van der Waals surface area contributed by atoms with E-state index in [1.54, 1.807) is 0 Å². The van der Waals surface area contributed by atoms with E-state index in [0.717, 1.165) is 6.54 Å². The Labute approximate surface area is 85.7 Å². The summed E-state index contributed by atoms with van der Waals surface area (Å²) < 4.78 is 0. The standard InChI is InChI=1S/C12H18N2/c1-10-5-2-3-7-12(10)14-9-11-6-4-8-13-11/h2-3,5,7,11,13-14H,4,6,8-9H2,1H3. The Morgan fingerprint density at radius 1 is 1.43 bits per heavy atom. The second kappa shape index (κ2) is 4.47. The van der Waals surface area contributed by atoms with Gasteiger partial charge in [-0.2, -0.15) is 0 Å². The highest BCUT2D eigenvalue weighted by molar-refractivity contribution is 5.50. The highest BCUT2D eigenvalue weighted by Gasteiger charge is 2.13. The van der Waals surface area contributed by atoms with Crippen LogP contribution in [0.1, 0.15) is 18.4 Å². The highest BCUT2D eigenvalue weighted by Crippen LogP contribution is 2.14. The molecule has 1 saturated heterocycles. The van der Waals surface area contributed by atoms with Gasteiger partial charge in [0.05, 0.1) is 0 Å². The van der Waals surface area contributed by atoms with Crippen molar-refractivity contribution in [3.05, 3.63) is 29.8 Å². The minimum atomic E-state index is 0.662. The predicted molar refractivity (Wildman–Crippen MR) is 60.7 cm³/mol. The molecule has 1 aromatic carbocycles. The van der Waals surface area contributed by atoms with Crippen molar-refractivity contribution in [1.29, 1.82) is 0 Å². The lowest BCUT2D eigenvalue weighted by molar-refractivity contribution is 0.633. The second-order valence-corrected chi connectivity index (χ2v) is 3.99. The van der Waals surface area contributed by atoms with Crippen LogP contribution in [0.15, 0.2) is 24.3 Å². The molecule has 14 heavy (non-hydrogen) atoms. The van der Waals surface area contributed by atoms with Gasteiger partial charge in [-0.1, -0.05) is 18.2 Å². The number of hydrogen-bond acceptors (Lipinski definition) is 2. The zero-order valence-corrected chi connectivity index (χ0v) is 8.72. The largest absolute Gasteiger partial charge is 0.383 e. The molecule has 0 aromatic heterocycles. The van der Waals surface area contributed by atoms with E-state index >= 15 is 0 Å². The zero-order chi connectivity index (χ0) is 9.80. The van der Waals surface area contributed by atoms with Gasteiger partial charge in [0.25, 0.3) is 0 Å². The van der Waals surface area contributed by atoms with Gasteiger partial charge in [0.1, 0.15) is 0 Å². The van der Waals surface area contributed by atoms with Gasteiger partial charge in [-0.3, -0.25) is 0 Å². The maximum absolute atomic E-state index is 3.49. The van der Waals surface area contributed by atoms with Gasteiger partial charge in [0.15, 0.2) is 0 Å². The van der Waals surface area contributed by atoms with Crippen molar-refractivity contribution in [2.24, 2.45) is 0 Å². The lowest BCUT2D eigenvalue weighted by atomic mass is 10.2. The summed E-state index contributed by atoms with van der Waals surface area (Å²) in [4.78, 5) is 0. The van der Waals surface area contributed by atoms with Gasteiger partial charge in [-0.15, -0.1) is 0 Å². The molecular weight excluding hydrogens is 172 g/mol. The van der Waals surface area contributed by atoms with Crippen molar-refractivity contribution in [3.63, 3.8) is 0 Å². The van der Waals surface area contributed by atoms with E-state index in [0.29, 0.717) is 6.04 Å². The summed E-state index contributed by atoms with van der Waals surface area (Å²) in [6.07, 6.45) is 2.62. The zero-order valence-electron chi connectivity index (χ0n) is 8.72. The first-order valence-corrected chi connectivity index (χ1v) is 5.39. The van der Waals surface area contributed by atoms with E-state index in [4.69, 9.17) is 0 Å². The summed E-state index contributed by atoms with van der Waals surface area (Å²) in [6.45, 7) is 4.37. The number of rotatable bonds is 3. The smallest absolute Gasteiger partial charge is 0.0370 e. The Bertz CT molecular complexity index is 290. The Hall–Kier alpha value is -1.02. The number of para-hydroxylation sites is 1. The van der Waals surface area contributed by atoms with Crippen LogP contribution in [-0.4, -0.2) is 19.1 Å². The Morgan fingerprint density at radius 2 is 2.29 bits per heavy atom. The number of anilines is 1. The predicted octanol–water partition coefficient (Wildman–Crippen LogP) is 2.16. The van der Waals surface area contributed by atoms with Crippen molar-refractivity contribution in [2.75, 3.05) is 18.4 Å². The van der Waals surface area contributed by atoms with Crippen LogP contribution in [0.3, 0.4) is 0 Å². The van der Waals surface area contributed by atoms with Gasteiger partial charge in [0.2, 0.25) is 0 Å². The molecule has 0 spiro atoms.